The summed E-state index contributed by atoms with van der Waals surface area (Å²) in [5.41, 5.74) is 0. The molecule has 0 aromatic rings. The fourth-order valence-electron chi connectivity index (χ4n) is 2.46. The topological polar surface area (TPSA) is 21.8 Å². The molecular formula is C14H32N4. The van der Waals surface area contributed by atoms with Gasteiger partial charge < -0.3 is 20.0 Å². The minimum atomic E-state index is 0.779. The van der Waals surface area contributed by atoms with Crippen molar-refractivity contribution >= 4 is 0 Å². The van der Waals surface area contributed by atoms with Crippen LogP contribution in [0.4, 0.5) is 0 Å². The number of piperidine rings is 1. The summed E-state index contributed by atoms with van der Waals surface area (Å²) in [5, 5.41) is 3.30. The normalized spacial score (nSPS) is 24.7. The van der Waals surface area contributed by atoms with E-state index in [0.29, 0.717) is 0 Å². The molecule has 0 spiro atoms. The molecule has 1 N–H and O–H groups in total. The number of likely N-dealkylation sites (N-methyl/N-ethyl adjacent to an activating group) is 2. The minimum absolute atomic E-state index is 0.779. The molecule has 0 bridgehead atoms. The monoisotopic (exact) mass is 256 g/mol. The van der Waals surface area contributed by atoms with Gasteiger partial charge in [-0.05, 0) is 53.6 Å². The molecule has 0 radical (unpaired) electrons. The van der Waals surface area contributed by atoms with Gasteiger partial charge in [-0.3, -0.25) is 0 Å². The van der Waals surface area contributed by atoms with Crippen LogP contribution in [0, 0.1) is 0 Å². The molecule has 108 valence electrons. The van der Waals surface area contributed by atoms with Gasteiger partial charge in [0.05, 0.1) is 0 Å². The van der Waals surface area contributed by atoms with Crippen LogP contribution >= 0.6 is 0 Å². The van der Waals surface area contributed by atoms with E-state index in [4.69, 9.17) is 0 Å². The predicted octanol–water partition coefficient (Wildman–Crippen LogP) is 0.554. The average molecular weight is 256 g/mol. The highest BCUT2D eigenvalue weighted by Crippen LogP contribution is 2.06. The van der Waals surface area contributed by atoms with Crippen LogP contribution in [0.5, 0.6) is 0 Å². The van der Waals surface area contributed by atoms with Gasteiger partial charge in [0.25, 0.3) is 0 Å². The molecule has 4 heteroatoms. The highest BCUT2D eigenvalue weighted by molar-refractivity contribution is 4.73. The largest absolute Gasteiger partial charge is 0.317 e. The van der Waals surface area contributed by atoms with Gasteiger partial charge in [-0.1, -0.05) is 6.92 Å². The van der Waals surface area contributed by atoms with Crippen LogP contribution in [-0.2, 0) is 0 Å². The molecule has 2 fully saturated rings. The Morgan fingerprint density at radius 2 is 1.39 bits per heavy atom. The lowest BCUT2D eigenvalue weighted by Crippen LogP contribution is -2.44. The summed E-state index contributed by atoms with van der Waals surface area (Å²) in [4.78, 5) is 7.25. The zero-order valence-corrected chi connectivity index (χ0v) is 12.8. The third kappa shape index (κ3) is 6.14. The van der Waals surface area contributed by atoms with E-state index >= 15 is 0 Å². The van der Waals surface area contributed by atoms with Crippen LogP contribution in [0.15, 0.2) is 0 Å². The van der Waals surface area contributed by atoms with E-state index in [0.717, 1.165) is 6.04 Å². The van der Waals surface area contributed by atoms with Crippen molar-refractivity contribution in [3.05, 3.63) is 0 Å². The van der Waals surface area contributed by atoms with E-state index in [1.807, 2.05) is 0 Å². The molecule has 2 heterocycles. The lowest BCUT2D eigenvalue weighted by molar-refractivity contribution is 0.160. The van der Waals surface area contributed by atoms with Crippen LogP contribution in [0.1, 0.15) is 19.8 Å². The maximum atomic E-state index is 3.30. The third-order valence-corrected chi connectivity index (χ3v) is 4.17. The Morgan fingerprint density at radius 3 is 1.83 bits per heavy atom. The van der Waals surface area contributed by atoms with Gasteiger partial charge >= 0.3 is 0 Å². The molecule has 0 atom stereocenters. The molecular weight excluding hydrogens is 224 g/mol. The van der Waals surface area contributed by atoms with E-state index < -0.39 is 0 Å². The SMILES string of the molecule is CCN1CCN(C)CC1.CNC1CCN(C)CC1. The van der Waals surface area contributed by atoms with Crippen molar-refractivity contribution in [1.29, 1.82) is 0 Å². The van der Waals surface area contributed by atoms with Crippen molar-refractivity contribution in [2.45, 2.75) is 25.8 Å². The number of likely N-dealkylation sites (tertiary alicyclic amines) is 1. The van der Waals surface area contributed by atoms with Gasteiger partial charge in [-0.2, -0.15) is 0 Å². The molecule has 0 aromatic carbocycles. The molecule has 4 nitrogen and oxygen atoms in total. The first-order valence-corrected chi connectivity index (χ1v) is 7.42. The lowest BCUT2D eigenvalue weighted by atomic mass is 10.1. The molecule has 0 aliphatic carbocycles. The van der Waals surface area contributed by atoms with Crippen molar-refractivity contribution in [2.75, 3.05) is 67.0 Å². The lowest BCUT2D eigenvalue weighted by Gasteiger charge is -2.31. The van der Waals surface area contributed by atoms with Crippen molar-refractivity contribution < 1.29 is 0 Å². The smallest absolute Gasteiger partial charge is 0.0110 e. The minimum Gasteiger partial charge on any atom is -0.317 e. The maximum Gasteiger partial charge on any atom is 0.0110 e. The highest BCUT2D eigenvalue weighted by atomic mass is 15.2. The van der Waals surface area contributed by atoms with Crippen LogP contribution in [-0.4, -0.2) is 87.7 Å². The van der Waals surface area contributed by atoms with Crippen LogP contribution in [0.2, 0.25) is 0 Å². The Hall–Kier alpha value is -0.160. The van der Waals surface area contributed by atoms with Crippen LogP contribution in [0.25, 0.3) is 0 Å². The third-order valence-electron chi connectivity index (χ3n) is 4.17. The Bertz CT molecular complexity index is 172. The van der Waals surface area contributed by atoms with E-state index in [9.17, 15) is 0 Å². The Kier molecular flexibility index (Phi) is 7.82. The zero-order valence-electron chi connectivity index (χ0n) is 12.8. The Labute approximate surface area is 113 Å². The molecule has 2 saturated heterocycles. The first kappa shape index (κ1) is 15.9. The fourth-order valence-corrected chi connectivity index (χ4v) is 2.46. The van der Waals surface area contributed by atoms with E-state index in [1.165, 1.54) is 58.7 Å². The number of nitrogens with zero attached hydrogens (tertiary/aromatic N) is 3. The number of hydrogen-bond donors (Lipinski definition) is 1. The summed E-state index contributed by atoms with van der Waals surface area (Å²) < 4.78 is 0. The second-order valence-corrected chi connectivity index (χ2v) is 5.60. The standard InChI is InChI=1S/2C7H16N2/c1-8-7-3-5-9(2)6-4-7;1-3-9-6-4-8(2)5-7-9/h7-8H,3-6H2,1-2H3;3-7H2,1-2H3. The average Bonchev–Trinajstić information content (AvgIpc) is 2.41. The molecule has 0 saturated carbocycles. The Balaban J connectivity index is 0.000000180. The molecule has 2 rings (SSSR count). The predicted molar refractivity (Wildman–Crippen MR) is 79.2 cm³/mol. The molecule has 18 heavy (non-hydrogen) atoms. The zero-order chi connectivity index (χ0) is 13.4. The Morgan fingerprint density at radius 1 is 0.889 bits per heavy atom. The summed E-state index contributed by atoms with van der Waals surface area (Å²) in [6.07, 6.45) is 2.62. The van der Waals surface area contributed by atoms with Crippen molar-refractivity contribution in [3.8, 4) is 0 Å². The summed E-state index contributed by atoms with van der Waals surface area (Å²) in [7, 11) is 6.43. The van der Waals surface area contributed by atoms with Crippen molar-refractivity contribution in [1.82, 2.24) is 20.0 Å². The highest BCUT2D eigenvalue weighted by Gasteiger charge is 2.13. The number of hydrogen-bond acceptors (Lipinski definition) is 4. The summed E-state index contributed by atoms with van der Waals surface area (Å²) in [6, 6.07) is 0.779. The summed E-state index contributed by atoms with van der Waals surface area (Å²) >= 11 is 0. The van der Waals surface area contributed by atoms with Crippen LogP contribution in [0.3, 0.4) is 0 Å². The first-order valence-electron chi connectivity index (χ1n) is 7.42. The number of nitrogens with one attached hydrogen (secondary N) is 1. The van der Waals surface area contributed by atoms with Gasteiger partial charge in [0, 0.05) is 32.2 Å². The van der Waals surface area contributed by atoms with Gasteiger partial charge in [0.1, 0.15) is 0 Å². The maximum absolute atomic E-state index is 3.30. The molecule has 0 aromatic heterocycles. The molecule has 2 aliphatic rings. The summed E-state index contributed by atoms with van der Waals surface area (Å²) in [6.45, 7) is 11.0. The van der Waals surface area contributed by atoms with Crippen LogP contribution < -0.4 is 5.32 Å². The van der Waals surface area contributed by atoms with Gasteiger partial charge in [-0.25, -0.2) is 0 Å². The van der Waals surface area contributed by atoms with Crippen molar-refractivity contribution in [3.63, 3.8) is 0 Å². The molecule has 0 amide bonds. The number of rotatable bonds is 2. The molecule has 0 unspecified atom stereocenters. The van der Waals surface area contributed by atoms with Gasteiger partial charge in [0.2, 0.25) is 0 Å². The van der Waals surface area contributed by atoms with Gasteiger partial charge in [0.15, 0.2) is 0 Å². The second kappa shape index (κ2) is 8.86. The number of piperazine rings is 1. The van der Waals surface area contributed by atoms with Crippen molar-refractivity contribution in [2.24, 2.45) is 0 Å². The molecule has 2 aliphatic heterocycles. The summed E-state index contributed by atoms with van der Waals surface area (Å²) in [5.74, 6) is 0. The van der Waals surface area contributed by atoms with Gasteiger partial charge in [-0.15, -0.1) is 0 Å². The van der Waals surface area contributed by atoms with E-state index in [1.54, 1.807) is 0 Å². The van der Waals surface area contributed by atoms with E-state index in [2.05, 4.69) is 48.1 Å². The second-order valence-electron chi connectivity index (χ2n) is 5.60. The quantitative estimate of drug-likeness (QED) is 0.779. The fraction of sp³-hybridized carbons (Fsp3) is 1.00. The van der Waals surface area contributed by atoms with E-state index in [-0.39, 0.29) is 0 Å². The first-order chi connectivity index (χ1) is 8.65.